The molecule has 0 bridgehead atoms. The lowest BCUT2D eigenvalue weighted by Gasteiger charge is -2.22. The molecule has 142 valence electrons. The van der Waals surface area contributed by atoms with Gasteiger partial charge in [0, 0.05) is 25.7 Å². The van der Waals surface area contributed by atoms with Gasteiger partial charge >= 0.3 is 5.97 Å². The van der Waals surface area contributed by atoms with Gasteiger partial charge in [0.15, 0.2) is 0 Å². The van der Waals surface area contributed by atoms with Gasteiger partial charge in [-0.1, -0.05) is 24.3 Å². The topological polar surface area (TPSA) is 75.7 Å². The minimum Gasteiger partial charge on any atom is -0.465 e. The summed E-state index contributed by atoms with van der Waals surface area (Å²) in [5, 5.41) is 2.67. The Kier molecular flexibility index (Phi) is 7.05. The van der Waals surface area contributed by atoms with E-state index in [1.54, 1.807) is 42.5 Å². The lowest BCUT2D eigenvalue weighted by Crippen LogP contribution is -2.38. The van der Waals surface area contributed by atoms with Gasteiger partial charge < -0.3 is 15.0 Å². The van der Waals surface area contributed by atoms with E-state index in [1.807, 2.05) is 0 Å². The van der Waals surface area contributed by atoms with E-state index < -0.39 is 11.8 Å². The molecule has 0 spiro atoms. The molecule has 0 saturated carbocycles. The summed E-state index contributed by atoms with van der Waals surface area (Å²) in [6.07, 6.45) is -0.0788. The minimum absolute atomic E-state index is 0.0788. The van der Waals surface area contributed by atoms with Crippen LogP contribution in [0.4, 0.5) is 10.1 Å². The molecule has 0 aliphatic heterocycles. The van der Waals surface area contributed by atoms with Gasteiger partial charge in [0.1, 0.15) is 5.82 Å². The number of ether oxygens (including phenoxy) is 1. The third kappa shape index (κ3) is 5.64. The summed E-state index contributed by atoms with van der Waals surface area (Å²) in [5.74, 6) is -1.51. The van der Waals surface area contributed by atoms with Crippen molar-refractivity contribution >= 4 is 23.5 Å². The van der Waals surface area contributed by atoms with Crippen molar-refractivity contribution in [1.29, 1.82) is 0 Å². The van der Waals surface area contributed by atoms with E-state index in [0.29, 0.717) is 16.8 Å². The van der Waals surface area contributed by atoms with Crippen LogP contribution in [0.3, 0.4) is 0 Å². The fourth-order valence-corrected chi connectivity index (χ4v) is 2.57. The molecular formula is C20H21FN2O4. The molecular weight excluding hydrogens is 351 g/mol. The lowest BCUT2D eigenvalue weighted by molar-refractivity contribution is -0.121. The first-order chi connectivity index (χ1) is 12.9. The Morgan fingerprint density at radius 2 is 1.85 bits per heavy atom. The number of esters is 1. The van der Waals surface area contributed by atoms with Crippen LogP contribution in [0.1, 0.15) is 22.8 Å². The second-order valence-electron chi connectivity index (χ2n) is 5.83. The highest BCUT2D eigenvalue weighted by atomic mass is 19.1. The summed E-state index contributed by atoms with van der Waals surface area (Å²) >= 11 is 0. The number of hydrogen-bond acceptors (Lipinski definition) is 4. The van der Waals surface area contributed by atoms with Crippen LogP contribution in [-0.4, -0.2) is 38.0 Å². The second kappa shape index (κ2) is 9.47. The van der Waals surface area contributed by atoms with E-state index in [1.165, 1.54) is 25.0 Å². The zero-order valence-corrected chi connectivity index (χ0v) is 15.2. The van der Waals surface area contributed by atoms with Crippen molar-refractivity contribution in [1.82, 2.24) is 5.32 Å². The van der Waals surface area contributed by atoms with E-state index in [9.17, 15) is 18.8 Å². The summed E-state index contributed by atoms with van der Waals surface area (Å²) < 4.78 is 18.3. The number of rotatable bonds is 7. The van der Waals surface area contributed by atoms with Crippen LogP contribution in [0.15, 0.2) is 48.5 Å². The normalized spacial score (nSPS) is 10.2. The van der Waals surface area contributed by atoms with E-state index in [4.69, 9.17) is 0 Å². The highest BCUT2D eigenvalue weighted by molar-refractivity contribution is 5.95. The first-order valence-electron chi connectivity index (χ1n) is 8.39. The number of halogens is 1. The number of amides is 2. The molecule has 0 saturated heterocycles. The predicted molar refractivity (Wildman–Crippen MR) is 98.9 cm³/mol. The third-order valence-corrected chi connectivity index (χ3v) is 3.93. The smallest absolute Gasteiger partial charge is 0.337 e. The largest absolute Gasteiger partial charge is 0.465 e. The number of carbonyl (C=O) groups excluding carboxylic acids is 3. The Labute approximate surface area is 156 Å². The molecule has 7 heteroatoms. The average molecular weight is 372 g/mol. The second-order valence-corrected chi connectivity index (χ2v) is 5.83. The molecule has 27 heavy (non-hydrogen) atoms. The molecule has 0 aliphatic carbocycles. The van der Waals surface area contributed by atoms with Crippen LogP contribution in [0.5, 0.6) is 0 Å². The van der Waals surface area contributed by atoms with Gasteiger partial charge in [-0.25, -0.2) is 9.18 Å². The van der Waals surface area contributed by atoms with E-state index in [0.717, 1.165) is 0 Å². The standard InChI is InChI=1S/C20H21FN2O4/c1-14(24)23(17-8-5-7-16(12-17)20(26)27-2)11-10-22-19(25)13-15-6-3-4-9-18(15)21/h3-9,12H,10-11,13H2,1-2H3,(H,22,25). The monoisotopic (exact) mass is 372 g/mol. The number of hydrogen-bond donors (Lipinski definition) is 1. The SMILES string of the molecule is COC(=O)c1cccc(N(CCNC(=O)Cc2ccccc2F)C(C)=O)c1. The number of methoxy groups -OCH3 is 1. The summed E-state index contributed by atoms with van der Waals surface area (Å²) in [6, 6.07) is 12.5. The van der Waals surface area contributed by atoms with Crippen molar-refractivity contribution in [3.63, 3.8) is 0 Å². The molecule has 6 nitrogen and oxygen atoms in total. The maximum Gasteiger partial charge on any atom is 0.337 e. The number of carbonyl (C=O) groups is 3. The number of anilines is 1. The Hall–Kier alpha value is -3.22. The van der Waals surface area contributed by atoms with E-state index in [-0.39, 0.29) is 31.3 Å². The van der Waals surface area contributed by atoms with Crippen molar-refractivity contribution in [2.24, 2.45) is 0 Å². The van der Waals surface area contributed by atoms with Crippen molar-refractivity contribution in [3.05, 3.63) is 65.5 Å². The molecule has 0 fully saturated rings. The highest BCUT2D eigenvalue weighted by Gasteiger charge is 2.15. The number of benzene rings is 2. The Morgan fingerprint density at radius 3 is 2.52 bits per heavy atom. The summed E-state index contributed by atoms with van der Waals surface area (Å²) in [7, 11) is 1.28. The first-order valence-corrected chi connectivity index (χ1v) is 8.39. The van der Waals surface area contributed by atoms with Crippen LogP contribution in [0, 0.1) is 5.82 Å². The Balaban J connectivity index is 1.97. The molecule has 0 atom stereocenters. The lowest BCUT2D eigenvalue weighted by atomic mass is 10.1. The maximum atomic E-state index is 13.6. The van der Waals surface area contributed by atoms with Crippen LogP contribution in [-0.2, 0) is 20.7 Å². The number of nitrogens with zero attached hydrogens (tertiary/aromatic N) is 1. The zero-order chi connectivity index (χ0) is 19.8. The first kappa shape index (κ1) is 20.1. The Bertz CT molecular complexity index is 838. The van der Waals surface area contributed by atoms with E-state index in [2.05, 4.69) is 10.1 Å². The molecule has 0 heterocycles. The van der Waals surface area contributed by atoms with Gasteiger partial charge in [-0.3, -0.25) is 9.59 Å². The molecule has 2 amide bonds. The fraction of sp³-hybridized carbons (Fsp3) is 0.250. The van der Waals surface area contributed by atoms with Crippen LogP contribution >= 0.6 is 0 Å². The zero-order valence-electron chi connectivity index (χ0n) is 15.2. The Morgan fingerprint density at radius 1 is 1.11 bits per heavy atom. The average Bonchev–Trinajstić information content (AvgIpc) is 2.66. The number of nitrogens with one attached hydrogen (secondary N) is 1. The quantitative estimate of drug-likeness (QED) is 0.757. The van der Waals surface area contributed by atoms with Gasteiger partial charge in [0.25, 0.3) is 0 Å². The molecule has 2 aromatic rings. The van der Waals surface area contributed by atoms with Gasteiger partial charge in [0.2, 0.25) is 11.8 Å². The molecule has 2 rings (SSSR count). The highest BCUT2D eigenvalue weighted by Crippen LogP contribution is 2.17. The van der Waals surface area contributed by atoms with Crippen molar-refractivity contribution < 1.29 is 23.5 Å². The summed E-state index contributed by atoms with van der Waals surface area (Å²) in [6.45, 7) is 1.80. The van der Waals surface area contributed by atoms with Gasteiger partial charge in [-0.15, -0.1) is 0 Å². The summed E-state index contributed by atoms with van der Waals surface area (Å²) in [4.78, 5) is 37.0. The van der Waals surface area contributed by atoms with Crippen molar-refractivity contribution in [3.8, 4) is 0 Å². The van der Waals surface area contributed by atoms with E-state index >= 15 is 0 Å². The molecule has 1 N–H and O–H groups in total. The van der Waals surface area contributed by atoms with Gasteiger partial charge in [-0.05, 0) is 29.8 Å². The fourth-order valence-electron chi connectivity index (χ4n) is 2.57. The van der Waals surface area contributed by atoms with Crippen molar-refractivity contribution in [2.45, 2.75) is 13.3 Å². The molecule has 0 unspecified atom stereocenters. The third-order valence-electron chi connectivity index (χ3n) is 3.93. The van der Waals surface area contributed by atoms with Crippen LogP contribution < -0.4 is 10.2 Å². The molecule has 0 aromatic heterocycles. The van der Waals surface area contributed by atoms with Crippen molar-refractivity contribution in [2.75, 3.05) is 25.1 Å². The molecule has 2 aromatic carbocycles. The minimum atomic E-state index is -0.501. The van der Waals surface area contributed by atoms with Crippen LogP contribution in [0.2, 0.25) is 0 Å². The molecule has 0 aliphatic rings. The van der Waals surface area contributed by atoms with Gasteiger partial charge in [0.05, 0.1) is 19.1 Å². The van der Waals surface area contributed by atoms with Gasteiger partial charge in [-0.2, -0.15) is 0 Å². The summed E-state index contributed by atoms with van der Waals surface area (Å²) in [5.41, 5.74) is 1.16. The molecule has 0 radical (unpaired) electrons. The maximum absolute atomic E-state index is 13.6. The van der Waals surface area contributed by atoms with Crippen LogP contribution in [0.25, 0.3) is 0 Å². The predicted octanol–water partition coefficient (Wildman–Crippen LogP) is 2.32.